The fraction of sp³-hybridized carbons (Fsp3) is 0.280. The fourth-order valence-corrected chi connectivity index (χ4v) is 5.30. The predicted octanol–water partition coefficient (Wildman–Crippen LogP) is 5.34. The number of hydrogen-bond acceptors (Lipinski definition) is 5. The molecule has 5 rings (SSSR count). The average Bonchev–Trinajstić information content (AvgIpc) is 3.40. The molecule has 2 heterocycles. The summed E-state index contributed by atoms with van der Waals surface area (Å²) in [7, 11) is 0. The minimum atomic E-state index is -0.0437. The van der Waals surface area contributed by atoms with Crippen molar-refractivity contribution < 1.29 is 14.3 Å². The van der Waals surface area contributed by atoms with E-state index in [-0.39, 0.29) is 12.7 Å². The van der Waals surface area contributed by atoms with Gasteiger partial charge in [0.1, 0.15) is 5.00 Å². The second kappa shape index (κ2) is 8.55. The number of aryl methyl sites for hydroxylation is 2. The second-order valence-corrected chi connectivity index (χ2v) is 8.96. The number of aliphatic imine (C=N–C) groups is 1. The molecule has 0 unspecified atom stereocenters. The van der Waals surface area contributed by atoms with E-state index in [0.29, 0.717) is 6.54 Å². The van der Waals surface area contributed by atoms with Crippen LogP contribution in [0.3, 0.4) is 0 Å². The Morgan fingerprint density at radius 1 is 1.13 bits per heavy atom. The van der Waals surface area contributed by atoms with Crippen molar-refractivity contribution in [2.45, 2.75) is 39.2 Å². The van der Waals surface area contributed by atoms with E-state index in [9.17, 15) is 4.79 Å². The van der Waals surface area contributed by atoms with Gasteiger partial charge in [-0.1, -0.05) is 30.3 Å². The first kappa shape index (κ1) is 19.8. The monoisotopic (exact) mass is 432 g/mol. The van der Waals surface area contributed by atoms with Gasteiger partial charge >= 0.3 is 0 Å². The van der Waals surface area contributed by atoms with Crippen molar-refractivity contribution in [3.05, 3.63) is 75.2 Å². The molecule has 0 saturated heterocycles. The molecule has 3 aromatic rings. The number of nitrogens with zero attached hydrogens (tertiary/aromatic N) is 1. The zero-order chi connectivity index (χ0) is 21.2. The van der Waals surface area contributed by atoms with Gasteiger partial charge in [-0.05, 0) is 67.0 Å². The molecule has 0 atom stereocenters. The zero-order valence-corrected chi connectivity index (χ0v) is 18.3. The molecule has 158 valence electrons. The standard InChI is InChI=1S/C25H24N2O3S/c1-16-11-20-21(30-15-29-20)12-18(16)14-27-25-23(19-9-5-6-10-22(19)31-25)24(28)26-13-17-7-3-2-4-8-17/h2-4,7-8,11-12,14H,5-6,9-10,13,15H2,1H3,(H,26,28)/b27-14-. The normalized spacial score (nSPS) is 14.6. The second-order valence-electron chi connectivity index (χ2n) is 7.88. The number of carbonyl (C=O) groups is 1. The lowest BCUT2D eigenvalue weighted by Gasteiger charge is -2.13. The third-order valence-corrected chi connectivity index (χ3v) is 6.96. The molecule has 1 aliphatic carbocycles. The van der Waals surface area contributed by atoms with Gasteiger partial charge in [0.05, 0.1) is 5.56 Å². The third-order valence-electron chi connectivity index (χ3n) is 5.76. The first-order valence-corrected chi connectivity index (χ1v) is 11.4. The lowest BCUT2D eigenvalue weighted by Crippen LogP contribution is -2.24. The summed E-state index contributed by atoms with van der Waals surface area (Å²) in [4.78, 5) is 19.3. The van der Waals surface area contributed by atoms with Gasteiger partial charge < -0.3 is 14.8 Å². The Morgan fingerprint density at radius 3 is 2.74 bits per heavy atom. The number of ether oxygens (including phenoxy) is 2. The van der Waals surface area contributed by atoms with Crippen molar-refractivity contribution in [2.75, 3.05) is 6.79 Å². The summed E-state index contributed by atoms with van der Waals surface area (Å²) in [5.74, 6) is 1.46. The van der Waals surface area contributed by atoms with Crippen LogP contribution in [-0.4, -0.2) is 18.9 Å². The summed E-state index contributed by atoms with van der Waals surface area (Å²) in [5.41, 5.74) is 5.03. The van der Waals surface area contributed by atoms with Crippen molar-refractivity contribution in [1.29, 1.82) is 0 Å². The molecule has 1 N–H and O–H groups in total. The SMILES string of the molecule is Cc1cc2c(cc1/C=N\c1sc3c(c1C(=O)NCc1ccccc1)CCCC3)OCO2. The van der Waals surface area contributed by atoms with E-state index >= 15 is 0 Å². The largest absolute Gasteiger partial charge is 0.454 e. The molecule has 31 heavy (non-hydrogen) atoms. The van der Waals surface area contributed by atoms with E-state index in [4.69, 9.17) is 14.5 Å². The van der Waals surface area contributed by atoms with Crippen molar-refractivity contribution in [3.63, 3.8) is 0 Å². The number of benzene rings is 2. The molecule has 5 nitrogen and oxygen atoms in total. The van der Waals surface area contributed by atoms with Crippen LogP contribution in [-0.2, 0) is 19.4 Å². The number of thiophene rings is 1. The molecule has 0 bridgehead atoms. The van der Waals surface area contributed by atoms with Gasteiger partial charge in [-0.3, -0.25) is 4.79 Å². The Kier molecular flexibility index (Phi) is 5.47. The van der Waals surface area contributed by atoms with Gasteiger partial charge in [-0.25, -0.2) is 4.99 Å². The van der Waals surface area contributed by atoms with Crippen LogP contribution in [0.4, 0.5) is 5.00 Å². The van der Waals surface area contributed by atoms with Crippen LogP contribution in [0.2, 0.25) is 0 Å². The first-order chi connectivity index (χ1) is 15.2. The highest BCUT2D eigenvalue weighted by Gasteiger charge is 2.25. The van der Waals surface area contributed by atoms with Gasteiger partial charge in [-0.15, -0.1) is 11.3 Å². The lowest BCUT2D eigenvalue weighted by atomic mass is 9.95. The van der Waals surface area contributed by atoms with Crippen molar-refractivity contribution in [3.8, 4) is 11.5 Å². The maximum Gasteiger partial charge on any atom is 0.254 e. The van der Waals surface area contributed by atoms with E-state index in [1.54, 1.807) is 11.3 Å². The van der Waals surface area contributed by atoms with Crippen molar-refractivity contribution in [2.24, 2.45) is 4.99 Å². The third kappa shape index (κ3) is 4.08. The molecular formula is C25H24N2O3S. The Morgan fingerprint density at radius 2 is 1.90 bits per heavy atom. The molecule has 1 amide bonds. The summed E-state index contributed by atoms with van der Waals surface area (Å²) in [6, 6.07) is 13.9. The van der Waals surface area contributed by atoms with Gasteiger partial charge in [0.25, 0.3) is 5.91 Å². The van der Waals surface area contributed by atoms with E-state index in [0.717, 1.165) is 58.0 Å². The van der Waals surface area contributed by atoms with Gasteiger partial charge in [0.2, 0.25) is 6.79 Å². The predicted molar refractivity (Wildman–Crippen MR) is 123 cm³/mol. The highest BCUT2D eigenvalue weighted by atomic mass is 32.1. The Bertz CT molecular complexity index is 1150. The number of hydrogen-bond donors (Lipinski definition) is 1. The molecule has 2 aliphatic rings. The van der Waals surface area contributed by atoms with Crippen LogP contribution < -0.4 is 14.8 Å². The topological polar surface area (TPSA) is 59.9 Å². The van der Waals surface area contributed by atoms with Crippen LogP contribution >= 0.6 is 11.3 Å². The number of rotatable bonds is 5. The molecule has 0 saturated carbocycles. The van der Waals surface area contributed by atoms with Gasteiger partial charge in [0, 0.05) is 17.6 Å². The molecule has 2 aromatic carbocycles. The minimum Gasteiger partial charge on any atom is -0.454 e. The Hall–Kier alpha value is -3.12. The summed E-state index contributed by atoms with van der Waals surface area (Å²) < 4.78 is 11.0. The molecular weight excluding hydrogens is 408 g/mol. The molecule has 0 radical (unpaired) electrons. The molecule has 0 spiro atoms. The zero-order valence-electron chi connectivity index (χ0n) is 17.4. The maximum absolute atomic E-state index is 13.2. The van der Waals surface area contributed by atoms with Gasteiger partial charge in [-0.2, -0.15) is 0 Å². The average molecular weight is 433 g/mol. The summed E-state index contributed by atoms with van der Waals surface area (Å²) >= 11 is 1.65. The number of nitrogens with one attached hydrogen (secondary N) is 1. The van der Waals surface area contributed by atoms with Crippen LogP contribution in [0.5, 0.6) is 11.5 Å². The molecule has 0 fully saturated rings. The minimum absolute atomic E-state index is 0.0437. The summed E-state index contributed by atoms with van der Waals surface area (Å²) in [6.07, 6.45) is 6.09. The first-order valence-electron chi connectivity index (χ1n) is 10.6. The highest BCUT2D eigenvalue weighted by Crippen LogP contribution is 2.40. The highest BCUT2D eigenvalue weighted by molar-refractivity contribution is 7.16. The van der Waals surface area contributed by atoms with E-state index in [1.807, 2.05) is 55.6 Å². The quantitative estimate of drug-likeness (QED) is 0.553. The Labute approximate surface area is 185 Å². The van der Waals surface area contributed by atoms with Crippen molar-refractivity contribution >= 4 is 28.5 Å². The number of fused-ring (bicyclic) bond motifs is 2. The smallest absolute Gasteiger partial charge is 0.254 e. The van der Waals surface area contributed by atoms with Crippen LogP contribution in [0.25, 0.3) is 0 Å². The van der Waals surface area contributed by atoms with Gasteiger partial charge in [0.15, 0.2) is 11.5 Å². The molecule has 6 heteroatoms. The fourth-order valence-electron chi connectivity index (χ4n) is 4.07. The van der Waals surface area contributed by atoms with E-state index in [1.165, 1.54) is 16.9 Å². The molecule has 1 aliphatic heterocycles. The van der Waals surface area contributed by atoms with Crippen LogP contribution in [0.15, 0.2) is 47.5 Å². The van der Waals surface area contributed by atoms with E-state index in [2.05, 4.69) is 5.32 Å². The molecule has 1 aromatic heterocycles. The number of carbonyl (C=O) groups excluding carboxylic acids is 1. The number of amides is 1. The van der Waals surface area contributed by atoms with Crippen LogP contribution in [0.1, 0.15) is 50.3 Å². The van der Waals surface area contributed by atoms with Crippen molar-refractivity contribution in [1.82, 2.24) is 5.32 Å². The van der Waals surface area contributed by atoms with E-state index < -0.39 is 0 Å². The Balaban J connectivity index is 1.44. The summed E-state index contributed by atoms with van der Waals surface area (Å²) in [5, 5.41) is 3.88. The lowest BCUT2D eigenvalue weighted by molar-refractivity contribution is 0.0951. The van der Waals surface area contributed by atoms with Crippen LogP contribution in [0, 0.1) is 6.92 Å². The summed E-state index contributed by atoms with van der Waals surface area (Å²) in [6.45, 7) is 2.78. The maximum atomic E-state index is 13.2.